The van der Waals surface area contributed by atoms with Crippen LogP contribution >= 0.6 is 0 Å². The third-order valence-electron chi connectivity index (χ3n) is 5.14. The molecule has 0 aliphatic carbocycles. The number of hydrogen-bond donors (Lipinski definition) is 0. The van der Waals surface area contributed by atoms with E-state index in [1.54, 1.807) is 0 Å². The van der Waals surface area contributed by atoms with Crippen molar-refractivity contribution in [1.29, 1.82) is 0 Å². The molecular weight excluding hydrogens is 406 g/mol. The van der Waals surface area contributed by atoms with Gasteiger partial charge in [0.25, 0.3) is 0 Å². The smallest absolute Gasteiger partial charge is 0.297 e. The van der Waals surface area contributed by atoms with Gasteiger partial charge in [-0.15, -0.1) is 24.3 Å². The molecule has 0 bridgehead atoms. The molecule has 2 rings (SSSR count). The maximum Gasteiger partial charge on any atom is 1.00 e. The van der Waals surface area contributed by atoms with Crippen LogP contribution in [0.25, 0.3) is 11.1 Å². The second kappa shape index (κ2) is 14.1. The predicted molar refractivity (Wildman–Crippen MR) is 140 cm³/mol. The van der Waals surface area contributed by atoms with E-state index in [1.165, 1.54) is 34.4 Å². The van der Waals surface area contributed by atoms with E-state index >= 15 is 0 Å². The monoisotopic (exact) mass is 446 g/mol. The summed E-state index contributed by atoms with van der Waals surface area (Å²) in [5.74, 6) is 1.38. The fourth-order valence-corrected chi connectivity index (χ4v) is 10.8. The number of allylic oxidation sites excluding steroid dienone is 2. The molecule has 162 valence electrons. The first-order valence-corrected chi connectivity index (χ1v) is 17.8. The van der Waals surface area contributed by atoms with Crippen molar-refractivity contribution in [2.75, 3.05) is 0 Å². The van der Waals surface area contributed by atoms with Crippen LogP contribution in [0.2, 0.25) is 38.3 Å². The summed E-state index contributed by atoms with van der Waals surface area (Å²) in [7, 11) is -3.30. The van der Waals surface area contributed by atoms with Crippen molar-refractivity contribution in [2.24, 2.45) is 11.8 Å². The van der Waals surface area contributed by atoms with Gasteiger partial charge in [0.1, 0.15) is 0 Å². The van der Waals surface area contributed by atoms with Gasteiger partial charge < -0.3 is 0 Å². The second-order valence-corrected chi connectivity index (χ2v) is 19.5. The van der Waals surface area contributed by atoms with Gasteiger partial charge in [-0.25, -0.2) is 0 Å². The number of benzene rings is 2. The van der Waals surface area contributed by atoms with Gasteiger partial charge in [0.2, 0.25) is 0 Å². The molecule has 2 aromatic rings. The van der Waals surface area contributed by atoms with Crippen LogP contribution in [0.4, 0.5) is 0 Å². The Labute approximate surface area is 224 Å². The normalized spacial score (nSPS) is 13.1. The maximum absolute atomic E-state index is 4.09. The molecule has 0 atom stereocenters. The van der Waals surface area contributed by atoms with E-state index < -0.39 is 16.1 Å². The molecule has 0 saturated carbocycles. The molecule has 0 spiro atoms. The van der Waals surface area contributed by atoms with Crippen LogP contribution in [-0.4, -0.2) is 16.1 Å². The van der Waals surface area contributed by atoms with Crippen molar-refractivity contribution in [3.05, 3.63) is 83.2 Å². The van der Waals surface area contributed by atoms with Crippen molar-refractivity contribution < 1.29 is 37.7 Å². The summed E-state index contributed by atoms with van der Waals surface area (Å²) in [5.41, 5.74) is 13.3. The molecule has 0 nitrogen and oxygen atoms in total. The molecule has 0 aliphatic heterocycles. The van der Waals surface area contributed by atoms with Crippen molar-refractivity contribution in [1.82, 2.24) is 0 Å². The second-order valence-electron chi connectivity index (χ2n) is 10.7. The molecule has 0 heterocycles. The van der Waals surface area contributed by atoms with Crippen LogP contribution in [0.3, 0.4) is 0 Å². The van der Waals surface area contributed by atoms with E-state index in [4.69, 9.17) is 0 Å². The Morgan fingerprint density at radius 3 is 1.12 bits per heavy atom. The molecule has 32 heavy (non-hydrogen) atoms. The topological polar surface area (TPSA) is 0 Å². The van der Waals surface area contributed by atoms with Crippen LogP contribution in [0.5, 0.6) is 0 Å². The average Bonchev–Trinajstić information content (AvgIpc) is 2.64. The molecule has 2 aromatic carbocycles. The molecule has 0 N–H and O–H groups in total. The van der Waals surface area contributed by atoms with E-state index in [9.17, 15) is 0 Å². The van der Waals surface area contributed by atoms with E-state index in [2.05, 4.69) is 126 Å². The quantitative estimate of drug-likeness (QED) is 0.316. The van der Waals surface area contributed by atoms with Gasteiger partial charge >= 0.3 is 37.7 Å². The molecule has 0 aliphatic rings. The standard InChI is InChI=1S/C28H40Si2.2Li/c1-23(2)19-29(5,6)21-27(25-15-11-9-12-16-25)28(26-17-13-10-14-18-26)22-30(7,8)20-24(3)4;;/h9-18,23-24H,19-20H2,1-8H3;;/q-2;2*+1. The van der Waals surface area contributed by atoms with Gasteiger partial charge in [0.05, 0.1) is 0 Å². The van der Waals surface area contributed by atoms with E-state index in [0.717, 1.165) is 0 Å². The van der Waals surface area contributed by atoms with Gasteiger partial charge in [-0.2, -0.15) is 11.1 Å². The summed E-state index contributed by atoms with van der Waals surface area (Å²) in [4.78, 5) is 0. The van der Waals surface area contributed by atoms with Gasteiger partial charge in [-0.3, -0.25) is 22.5 Å². The molecule has 4 heteroatoms. The summed E-state index contributed by atoms with van der Waals surface area (Å²) in [6.07, 6.45) is 0. The maximum atomic E-state index is 4.09. The van der Waals surface area contributed by atoms with E-state index in [0.29, 0.717) is 11.8 Å². The van der Waals surface area contributed by atoms with Gasteiger partial charge in [0, 0.05) is 0 Å². The molecule has 0 aromatic heterocycles. The van der Waals surface area contributed by atoms with Crippen molar-refractivity contribution in [3.63, 3.8) is 0 Å². The molecular formula is C28H40Li2Si2. The summed E-state index contributed by atoms with van der Waals surface area (Å²) in [6, 6.07) is 24.2. The summed E-state index contributed by atoms with van der Waals surface area (Å²) >= 11 is 0. The van der Waals surface area contributed by atoms with Gasteiger partial charge in [-0.05, 0) is 16.1 Å². The Morgan fingerprint density at radius 1 is 0.594 bits per heavy atom. The zero-order valence-corrected chi connectivity index (χ0v) is 24.3. The summed E-state index contributed by atoms with van der Waals surface area (Å²) < 4.78 is 0. The largest absolute Gasteiger partial charge is 1.00 e. The number of hydrogen-bond acceptors (Lipinski definition) is 0. The first-order chi connectivity index (χ1) is 14.0. The van der Waals surface area contributed by atoms with Crippen LogP contribution in [-0.2, 0) is 0 Å². The van der Waals surface area contributed by atoms with E-state index in [-0.39, 0.29) is 37.7 Å². The average molecular weight is 447 g/mol. The Morgan fingerprint density at radius 2 is 0.875 bits per heavy atom. The van der Waals surface area contributed by atoms with E-state index in [1.807, 2.05) is 0 Å². The minimum atomic E-state index is -1.65. The third kappa shape index (κ3) is 10.7. The van der Waals surface area contributed by atoms with Crippen LogP contribution < -0.4 is 37.7 Å². The van der Waals surface area contributed by atoms with Crippen LogP contribution in [0.1, 0.15) is 38.8 Å². The third-order valence-corrected chi connectivity index (χ3v) is 10.7. The first kappa shape index (κ1) is 31.5. The molecule has 0 radical (unpaired) electrons. The molecule has 0 saturated heterocycles. The number of rotatable bonds is 9. The van der Waals surface area contributed by atoms with Crippen LogP contribution in [0, 0.1) is 23.2 Å². The van der Waals surface area contributed by atoms with Crippen molar-refractivity contribution in [3.8, 4) is 0 Å². The zero-order chi connectivity index (χ0) is 22.4. The first-order valence-electron chi connectivity index (χ1n) is 11.4. The molecule has 0 fully saturated rings. The Bertz CT molecular complexity index is 778. The van der Waals surface area contributed by atoms with Crippen LogP contribution in [0.15, 0.2) is 60.7 Å². The molecule has 0 amide bonds. The molecule has 0 unspecified atom stereocenters. The Kier molecular flexibility index (Phi) is 13.9. The minimum absolute atomic E-state index is 0. The van der Waals surface area contributed by atoms with Crippen molar-refractivity contribution in [2.45, 2.75) is 66.0 Å². The SMILES string of the molecule is CC(C)C[Si](C)(C)[C-]=C(C(=[C-][Si](C)(C)CC(C)C)c1ccccc1)c1ccccc1.[Li+].[Li+]. The Balaban J connectivity index is 0.00000480. The fraction of sp³-hybridized carbons (Fsp3) is 0.429. The minimum Gasteiger partial charge on any atom is -0.297 e. The Hall–Kier alpha value is -0.451. The summed E-state index contributed by atoms with van der Waals surface area (Å²) in [5, 5.41) is 0. The van der Waals surface area contributed by atoms with Gasteiger partial charge in [0.15, 0.2) is 0 Å². The fourth-order valence-electron chi connectivity index (χ4n) is 4.59. The zero-order valence-electron chi connectivity index (χ0n) is 22.3. The van der Waals surface area contributed by atoms with Crippen molar-refractivity contribution >= 4 is 27.3 Å². The predicted octanol–water partition coefficient (Wildman–Crippen LogP) is 2.58. The summed E-state index contributed by atoms with van der Waals surface area (Å²) in [6.45, 7) is 19.1. The van der Waals surface area contributed by atoms with Gasteiger partial charge in [-0.1, -0.05) is 114 Å².